The van der Waals surface area contributed by atoms with E-state index in [0.717, 1.165) is 70.6 Å². The highest BCUT2D eigenvalue weighted by molar-refractivity contribution is 5.76. The highest BCUT2D eigenvalue weighted by atomic mass is 16.5. The molecule has 0 bridgehead atoms. The summed E-state index contributed by atoms with van der Waals surface area (Å²) < 4.78 is 5.45. The van der Waals surface area contributed by atoms with E-state index in [1.54, 1.807) is 0 Å². The van der Waals surface area contributed by atoms with Gasteiger partial charge in [-0.2, -0.15) is 0 Å². The predicted octanol–water partition coefficient (Wildman–Crippen LogP) is 14.2. The number of carbonyl (C=O) groups is 2. The minimum Gasteiger partial charge on any atom is -0.466 e. The Morgan fingerprint density at radius 1 is 0.491 bits per heavy atom. The Bertz CT molecular complexity index is 817. The van der Waals surface area contributed by atoms with Gasteiger partial charge in [-0.05, 0) is 51.4 Å². The Morgan fingerprint density at radius 3 is 1.29 bits per heavy atom. The molecular weight excluding hydrogens is 683 g/mol. The van der Waals surface area contributed by atoms with Crippen LogP contribution in [0.5, 0.6) is 0 Å². The lowest BCUT2D eigenvalue weighted by molar-refractivity contribution is -0.143. The number of carbonyl (C=O) groups excluding carboxylic acids is 2. The monoisotopic (exact) mass is 778 g/mol. The summed E-state index contributed by atoms with van der Waals surface area (Å²) >= 11 is 0. The van der Waals surface area contributed by atoms with Crippen LogP contribution in [0.15, 0.2) is 12.2 Å². The number of unbranched alkanes of at least 4 members (excludes halogenated alkanes) is 32. The van der Waals surface area contributed by atoms with E-state index >= 15 is 0 Å². The highest BCUT2D eigenvalue weighted by Crippen LogP contribution is 2.16. The minimum absolute atomic E-state index is 0.00823. The first kappa shape index (κ1) is 53.6. The van der Waals surface area contributed by atoms with Crippen LogP contribution in [-0.4, -0.2) is 47.4 Å². The molecule has 2 unspecified atom stereocenters. The van der Waals surface area contributed by atoms with E-state index in [-0.39, 0.29) is 18.5 Å². The molecule has 0 aliphatic heterocycles. The van der Waals surface area contributed by atoms with Gasteiger partial charge in [0.25, 0.3) is 0 Å². The lowest BCUT2D eigenvalue weighted by Crippen LogP contribution is -2.45. The van der Waals surface area contributed by atoms with Crippen LogP contribution < -0.4 is 5.32 Å². The van der Waals surface area contributed by atoms with E-state index in [1.807, 2.05) is 0 Å². The first-order valence-corrected chi connectivity index (χ1v) is 24.4. The number of allylic oxidation sites excluding steroid dienone is 2. The van der Waals surface area contributed by atoms with Crippen LogP contribution in [0.3, 0.4) is 0 Å². The van der Waals surface area contributed by atoms with Gasteiger partial charge >= 0.3 is 5.97 Å². The summed E-state index contributed by atoms with van der Waals surface area (Å²) in [5.41, 5.74) is 0. The highest BCUT2D eigenvalue weighted by Gasteiger charge is 2.20. The van der Waals surface area contributed by atoms with Crippen molar-refractivity contribution in [3.05, 3.63) is 12.2 Å². The molecular formula is C49H95NO5. The number of esters is 1. The van der Waals surface area contributed by atoms with Crippen LogP contribution in [0.2, 0.25) is 0 Å². The molecule has 3 N–H and O–H groups in total. The van der Waals surface area contributed by atoms with Crippen molar-refractivity contribution in [1.29, 1.82) is 0 Å². The van der Waals surface area contributed by atoms with Gasteiger partial charge < -0.3 is 20.3 Å². The van der Waals surface area contributed by atoms with E-state index in [2.05, 4.69) is 31.3 Å². The molecule has 0 saturated heterocycles. The van der Waals surface area contributed by atoms with E-state index in [0.29, 0.717) is 25.9 Å². The van der Waals surface area contributed by atoms with Crippen molar-refractivity contribution in [3.63, 3.8) is 0 Å². The van der Waals surface area contributed by atoms with Crippen molar-refractivity contribution in [2.45, 2.75) is 276 Å². The van der Waals surface area contributed by atoms with Gasteiger partial charge in [-0.15, -0.1) is 0 Å². The minimum atomic E-state index is -0.670. The van der Waals surface area contributed by atoms with Crippen LogP contribution in [0.1, 0.15) is 264 Å². The second-order valence-corrected chi connectivity index (χ2v) is 16.8. The van der Waals surface area contributed by atoms with Gasteiger partial charge in [0.1, 0.15) is 0 Å². The third-order valence-electron chi connectivity index (χ3n) is 11.3. The van der Waals surface area contributed by atoms with Crippen LogP contribution in [0, 0.1) is 0 Å². The summed E-state index contributed by atoms with van der Waals surface area (Å²) in [4.78, 5) is 24.4. The second kappa shape index (κ2) is 45.3. The van der Waals surface area contributed by atoms with Crippen molar-refractivity contribution in [1.82, 2.24) is 5.32 Å². The van der Waals surface area contributed by atoms with E-state index in [1.165, 1.54) is 161 Å². The molecule has 2 atom stereocenters. The van der Waals surface area contributed by atoms with Gasteiger partial charge in [-0.1, -0.05) is 212 Å². The zero-order valence-corrected chi connectivity index (χ0v) is 36.9. The van der Waals surface area contributed by atoms with Crippen LogP contribution in [-0.2, 0) is 14.3 Å². The smallest absolute Gasteiger partial charge is 0.305 e. The summed E-state index contributed by atoms with van der Waals surface area (Å²) in [6, 6.07) is -0.549. The first-order valence-electron chi connectivity index (χ1n) is 24.4. The molecule has 6 nitrogen and oxygen atoms in total. The van der Waals surface area contributed by atoms with Gasteiger partial charge in [0.15, 0.2) is 0 Å². The Kier molecular flexibility index (Phi) is 44.2. The molecule has 1 amide bonds. The topological polar surface area (TPSA) is 95.9 Å². The zero-order valence-electron chi connectivity index (χ0n) is 36.9. The van der Waals surface area contributed by atoms with Gasteiger partial charge in [-0.25, -0.2) is 0 Å². The fourth-order valence-corrected chi connectivity index (χ4v) is 7.51. The Morgan fingerprint density at radius 2 is 0.855 bits per heavy atom. The number of nitrogens with one attached hydrogen (secondary N) is 1. The average Bonchev–Trinajstić information content (AvgIpc) is 3.18. The Hall–Kier alpha value is -1.40. The van der Waals surface area contributed by atoms with Crippen molar-refractivity contribution >= 4 is 11.9 Å². The summed E-state index contributed by atoms with van der Waals surface area (Å²) in [5.74, 6) is -0.0608. The lowest BCUT2D eigenvalue weighted by atomic mass is 10.0. The number of ether oxygens (including phenoxy) is 1. The van der Waals surface area contributed by atoms with Crippen molar-refractivity contribution in [3.8, 4) is 0 Å². The van der Waals surface area contributed by atoms with Crippen LogP contribution in [0.4, 0.5) is 0 Å². The molecule has 326 valence electrons. The van der Waals surface area contributed by atoms with Gasteiger partial charge in [0.2, 0.25) is 5.91 Å². The molecule has 55 heavy (non-hydrogen) atoms. The SMILES string of the molecule is CCCCCCCCCCCCCCCCC(=O)OCCCCCC/C=C\CCCCCCCCCC(=O)NC(CO)C(O)CCCCCCCCCCC. The molecule has 0 aliphatic carbocycles. The number of hydrogen-bond acceptors (Lipinski definition) is 5. The maximum atomic E-state index is 12.4. The lowest BCUT2D eigenvalue weighted by Gasteiger charge is -2.22. The molecule has 0 aliphatic rings. The van der Waals surface area contributed by atoms with Gasteiger partial charge in [0, 0.05) is 12.8 Å². The Balaban J connectivity index is 3.44. The number of aliphatic hydroxyl groups excluding tert-OH is 2. The molecule has 6 heteroatoms. The maximum Gasteiger partial charge on any atom is 0.305 e. The molecule has 0 saturated carbocycles. The molecule has 0 aromatic carbocycles. The molecule has 0 fully saturated rings. The molecule has 0 heterocycles. The number of aliphatic hydroxyl groups is 2. The maximum absolute atomic E-state index is 12.4. The zero-order chi connectivity index (χ0) is 40.1. The van der Waals surface area contributed by atoms with Crippen LogP contribution in [0.25, 0.3) is 0 Å². The number of rotatable bonds is 45. The molecule has 0 spiro atoms. The largest absolute Gasteiger partial charge is 0.466 e. The van der Waals surface area contributed by atoms with E-state index in [9.17, 15) is 19.8 Å². The predicted molar refractivity (Wildman–Crippen MR) is 237 cm³/mol. The fourth-order valence-electron chi connectivity index (χ4n) is 7.51. The van der Waals surface area contributed by atoms with E-state index < -0.39 is 12.1 Å². The van der Waals surface area contributed by atoms with Crippen molar-refractivity contribution < 1.29 is 24.5 Å². The summed E-state index contributed by atoms with van der Waals surface area (Å²) in [6.07, 6.45) is 50.4. The second-order valence-electron chi connectivity index (χ2n) is 16.8. The summed E-state index contributed by atoms with van der Waals surface area (Å²) in [6.45, 7) is 4.89. The van der Waals surface area contributed by atoms with E-state index in [4.69, 9.17) is 4.74 Å². The third-order valence-corrected chi connectivity index (χ3v) is 11.3. The molecule has 0 aromatic heterocycles. The first-order chi connectivity index (χ1) is 27.0. The molecule has 0 radical (unpaired) electrons. The summed E-state index contributed by atoms with van der Waals surface area (Å²) in [5, 5.41) is 23.0. The quantitative estimate of drug-likeness (QED) is 0.0325. The van der Waals surface area contributed by atoms with Gasteiger partial charge in [-0.3, -0.25) is 9.59 Å². The van der Waals surface area contributed by atoms with Crippen LogP contribution >= 0.6 is 0 Å². The van der Waals surface area contributed by atoms with Gasteiger partial charge in [0.05, 0.1) is 25.4 Å². The fraction of sp³-hybridized carbons (Fsp3) is 0.918. The molecule has 0 aromatic rings. The number of hydrogen-bond donors (Lipinski definition) is 3. The number of amides is 1. The normalized spacial score (nSPS) is 12.7. The average molecular weight is 778 g/mol. The van der Waals surface area contributed by atoms with Crippen molar-refractivity contribution in [2.24, 2.45) is 0 Å². The summed E-state index contributed by atoms with van der Waals surface area (Å²) in [7, 11) is 0. The standard InChI is InChI=1S/C49H95NO5/c1-3-5-7-9-11-13-14-15-20-23-27-31-35-39-43-49(54)55-44-40-36-32-28-24-21-18-16-17-19-22-26-30-34-38-42-48(53)50-46(45-51)47(52)41-37-33-29-25-12-10-8-6-4-2/h18,21,46-47,51-52H,3-17,19-20,22-45H2,1-2H3,(H,50,53)/b21-18-. The van der Waals surface area contributed by atoms with Crippen molar-refractivity contribution in [2.75, 3.05) is 13.2 Å². The third kappa shape index (κ3) is 42.0. The Labute approximate surface area is 342 Å². The molecule has 0 rings (SSSR count).